The van der Waals surface area contributed by atoms with Crippen LogP contribution in [0, 0.1) is 6.92 Å². The molecule has 96 valence electrons. The van der Waals surface area contributed by atoms with E-state index in [-0.39, 0.29) is 5.91 Å². The molecule has 3 heteroatoms. The summed E-state index contributed by atoms with van der Waals surface area (Å²) in [5.41, 5.74) is 3.94. The minimum absolute atomic E-state index is 0.0732. The van der Waals surface area contributed by atoms with Crippen LogP contribution in [0.1, 0.15) is 18.1 Å². The first-order valence-electron chi connectivity index (χ1n) is 6.12. The highest BCUT2D eigenvalue weighted by Crippen LogP contribution is 2.16. The third-order valence-electron chi connectivity index (χ3n) is 2.63. The summed E-state index contributed by atoms with van der Waals surface area (Å²) in [5, 5.41) is 2.72. The first kappa shape index (κ1) is 13.0. The van der Waals surface area contributed by atoms with Gasteiger partial charge in [-0.1, -0.05) is 29.8 Å². The summed E-state index contributed by atoms with van der Waals surface area (Å²) in [4.78, 5) is 15.3. The van der Waals surface area contributed by atoms with Crippen molar-refractivity contribution in [1.82, 2.24) is 0 Å². The average Bonchev–Trinajstić information content (AvgIpc) is 2.39. The monoisotopic (exact) mass is 252 g/mol. The van der Waals surface area contributed by atoms with Crippen LogP contribution in [-0.2, 0) is 4.79 Å². The average molecular weight is 252 g/mol. The molecule has 0 radical (unpaired) electrons. The van der Waals surface area contributed by atoms with Crippen LogP contribution >= 0.6 is 0 Å². The summed E-state index contributed by atoms with van der Waals surface area (Å²) in [6, 6.07) is 15.6. The van der Waals surface area contributed by atoms with Crippen molar-refractivity contribution in [1.29, 1.82) is 0 Å². The van der Waals surface area contributed by atoms with Crippen molar-refractivity contribution in [2.24, 2.45) is 4.99 Å². The maximum atomic E-state index is 10.9. The molecule has 0 aliphatic rings. The number of carbonyl (C=O) groups is 1. The molecule has 2 aromatic rings. The minimum Gasteiger partial charge on any atom is -0.326 e. The Morgan fingerprint density at radius 3 is 2.26 bits per heavy atom. The molecule has 2 rings (SSSR count). The van der Waals surface area contributed by atoms with E-state index in [2.05, 4.69) is 29.4 Å². The number of rotatable bonds is 3. The molecule has 0 unspecified atom stereocenters. The summed E-state index contributed by atoms with van der Waals surface area (Å²) in [7, 11) is 0. The number of aliphatic imine (C=N–C) groups is 1. The smallest absolute Gasteiger partial charge is 0.221 e. The Bertz CT molecular complexity index is 583. The molecule has 0 bridgehead atoms. The van der Waals surface area contributed by atoms with E-state index in [0.717, 1.165) is 16.9 Å². The summed E-state index contributed by atoms with van der Waals surface area (Å²) in [5.74, 6) is -0.0732. The second-order valence-electron chi connectivity index (χ2n) is 4.40. The lowest BCUT2D eigenvalue weighted by Crippen LogP contribution is -2.04. The van der Waals surface area contributed by atoms with Gasteiger partial charge in [-0.2, -0.15) is 0 Å². The number of nitrogens with zero attached hydrogens (tertiary/aromatic N) is 1. The topological polar surface area (TPSA) is 41.5 Å². The summed E-state index contributed by atoms with van der Waals surface area (Å²) >= 11 is 0. The van der Waals surface area contributed by atoms with Crippen molar-refractivity contribution >= 4 is 23.5 Å². The van der Waals surface area contributed by atoms with Crippen molar-refractivity contribution in [2.75, 3.05) is 5.32 Å². The Labute approximate surface area is 113 Å². The van der Waals surface area contributed by atoms with Gasteiger partial charge in [0, 0.05) is 18.8 Å². The number of anilines is 1. The second-order valence-corrected chi connectivity index (χ2v) is 4.40. The van der Waals surface area contributed by atoms with E-state index < -0.39 is 0 Å². The van der Waals surface area contributed by atoms with Gasteiger partial charge in [-0.3, -0.25) is 9.79 Å². The van der Waals surface area contributed by atoms with Crippen molar-refractivity contribution < 1.29 is 4.79 Å². The van der Waals surface area contributed by atoms with Gasteiger partial charge in [0.25, 0.3) is 0 Å². The number of amides is 1. The molecule has 2 aromatic carbocycles. The third-order valence-corrected chi connectivity index (χ3v) is 2.63. The molecule has 0 saturated carbocycles. The Morgan fingerprint density at radius 2 is 1.68 bits per heavy atom. The Morgan fingerprint density at radius 1 is 1.05 bits per heavy atom. The molecule has 0 spiro atoms. The number of hydrogen-bond donors (Lipinski definition) is 1. The van der Waals surface area contributed by atoms with E-state index in [1.165, 1.54) is 12.5 Å². The quantitative estimate of drug-likeness (QED) is 0.831. The van der Waals surface area contributed by atoms with Crippen LogP contribution in [0.25, 0.3) is 0 Å². The highest BCUT2D eigenvalue weighted by Gasteiger charge is 1.95. The molecule has 0 aliphatic carbocycles. The zero-order valence-corrected chi connectivity index (χ0v) is 11.1. The Kier molecular flexibility index (Phi) is 4.08. The minimum atomic E-state index is -0.0732. The molecule has 1 N–H and O–H groups in total. The van der Waals surface area contributed by atoms with Crippen molar-refractivity contribution in [3.8, 4) is 0 Å². The first-order chi connectivity index (χ1) is 9.13. The molecule has 0 atom stereocenters. The molecular formula is C16H16N2O. The molecule has 3 nitrogen and oxygen atoms in total. The van der Waals surface area contributed by atoms with Crippen molar-refractivity contribution in [2.45, 2.75) is 13.8 Å². The van der Waals surface area contributed by atoms with Gasteiger partial charge in [0.1, 0.15) is 0 Å². The van der Waals surface area contributed by atoms with Crippen LogP contribution in [0.5, 0.6) is 0 Å². The van der Waals surface area contributed by atoms with Gasteiger partial charge in [-0.25, -0.2) is 0 Å². The van der Waals surface area contributed by atoms with Crippen molar-refractivity contribution in [3.05, 3.63) is 59.7 Å². The summed E-state index contributed by atoms with van der Waals surface area (Å²) in [6.07, 6.45) is 1.83. The van der Waals surface area contributed by atoms with Gasteiger partial charge < -0.3 is 5.32 Å². The van der Waals surface area contributed by atoms with Crippen molar-refractivity contribution in [3.63, 3.8) is 0 Å². The molecule has 0 fully saturated rings. The van der Waals surface area contributed by atoms with E-state index >= 15 is 0 Å². The van der Waals surface area contributed by atoms with Gasteiger partial charge in [-0.05, 0) is 36.8 Å². The van der Waals surface area contributed by atoms with Gasteiger partial charge in [-0.15, -0.1) is 0 Å². The highest BCUT2D eigenvalue weighted by atomic mass is 16.1. The lowest BCUT2D eigenvalue weighted by atomic mass is 10.2. The lowest BCUT2D eigenvalue weighted by Gasteiger charge is -2.01. The van der Waals surface area contributed by atoms with E-state index in [0.29, 0.717) is 0 Å². The summed E-state index contributed by atoms with van der Waals surface area (Å²) < 4.78 is 0. The standard InChI is InChI=1S/C16H16N2O/c1-12-3-5-14(6-4-12)11-17-15-7-9-16(10-8-15)18-13(2)19/h3-11H,1-2H3,(H,18,19)/b17-11+. The maximum absolute atomic E-state index is 10.9. The molecule has 0 heterocycles. The molecule has 0 saturated heterocycles. The highest BCUT2D eigenvalue weighted by molar-refractivity contribution is 5.89. The SMILES string of the molecule is CC(=O)Nc1ccc(/N=C/c2ccc(C)cc2)cc1. The first-order valence-corrected chi connectivity index (χ1v) is 6.12. The number of nitrogens with one attached hydrogen (secondary N) is 1. The predicted molar refractivity (Wildman–Crippen MR) is 79.2 cm³/mol. The van der Waals surface area contributed by atoms with Gasteiger partial charge >= 0.3 is 0 Å². The Hall–Kier alpha value is -2.42. The molecule has 0 aromatic heterocycles. The zero-order valence-electron chi connectivity index (χ0n) is 11.1. The number of benzene rings is 2. The summed E-state index contributed by atoms with van der Waals surface area (Å²) in [6.45, 7) is 3.55. The maximum Gasteiger partial charge on any atom is 0.221 e. The van der Waals surface area contributed by atoms with Crippen LogP contribution in [0.4, 0.5) is 11.4 Å². The van der Waals surface area contributed by atoms with Crippen LogP contribution < -0.4 is 5.32 Å². The number of hydrogen-bond acceptors (Lipinski definition) is 2. The molecule has 1 amide bonds. The van der Waals surface area contributed by atoms with Gasteiger partial charge in [0.05, 0.1) is 5.69 Å². The van der Waals surface area contributed by atoms with E-state index in [9.17, 15) is 4.79 Å². The number of carbonyl (C=O) groups excluding carboxylic acids is 1. The van der Waals surface area contributed by atoms with Crippen LogP contribution in [-0.4, -0.2) is 12.1 Å². The third kappa shape index (κ3) is 4.07. The van der Waals surface area contributed by atoms with Crippen LogP contribution in [0.3, 0.4) is 0 Å². The fourth-order valence-electron chi connectivity index (χ4n) is 1.64. The molecular weight excluding hydrogens is 236 g/mol. The normalized spacial score (nSPS) is 10.6. The fourth-order valence-corrected chi connectivity index (χ4v) is 1.64. The molecule has 19 heavy (non-hydrogen) atoms. The Balaban J connectivity index is 2.06. The van der Waals surface area contributed by atoms with Crippen LogP contribution in [0.2, 0.25) is 0 Å². The van der Waals surface area contributed by atoms with Crippen LogP contribution in [0.15, 0.2) is 53.5 Å². The largest absolute Gasteiger partial charge is 0.326 e. The predicted octanol–water partition coefficient (Wildman–Crippen LogP) is 3.70. The van der Waals surface area contributed by atoms with Gasteiger partial charge in [0.15, 0.2) is 0 Å². The number of aryl methyl sites for hydroxylation is 1. The molecule has 0 aliphatic heterocycles. The van der Waals surface area contributed by atoms with E-state index in [1.807, 2.05) is 42.6 Å². The lowest BCUT2D eigenvalue weighted by molar-refractivity contribution is -0.114. The van der Waals surface area contributed by atoms with E-state index in [1.54, 1.807) is 0 Å². The fraction of sp³-hybridized carbons (Fsp3) is 0.125. The van der Waals surface area contributed by atoms with Gasteiger partial charge in [0.2, 0.25) is 5.91 Å². The zero-order chi connectivity index (χ0) is 13.7. The van der Waals surface area contributed by atoms with E-state index in [4.69, 9.17) is 0 Å². The second kappa shape index (κ2) is 5.96.